The molecule has 2 rings (SSSR count). The number of aliphatic hydroxyl groups excluding tert-OH is 1. The highest BCUT2D eigenvalue weighted by molar-refractivity contribution is 9.10. The molecule has 1 atom stereocenters. The van der Waals surface area contributed by atoms with E-state index < -0.39 is 4.57 Å². The molecule has 0 fully saturated rings. The summed E-state index contributed by atoms with van der Waals surface area (Å²) in [5, 5.41) is 10.7. The Hall–Kier alpha value is -0.200. The van der Waals surface area contributed by atoms with E-state index >= 15 is 0 Å². The molecular weight excluding hydrogens is 331 g/mol. The molecule has 92 valence electrons. The lowest BCUT2D eigenvalue weighted by Gasteiger charge is -2.14. The lowest BCUT2D eigenvalue weighted by atomic mass is 10.3. The van der Waals surface area contributed by atoms with Gasteiger partial charge in [-0.15, -0.1) is 0 Å². The van der Waals surface area contributed by atoms with Crippen LogP contribution in [-0.2, 0) is 4.74 Å². The van der Waals surface area contributed by atoms with Crippen LogP contribution >= 0.6 is 39.1 Å². The SMILES string of the molecule is OCCOCC1(Br)N=c2ccc(Cl)c(Cl)c2=N1. The lowest BCUT2D eigenvalue weighted by molar-refractivity contribution is 0.0801. The Morgan fingerprint density at radius 2 is 2.12 bits per heavy atom. The van der Waals surface area contributed by atoms with Crippen LogP contribution < -0.4 is 10.7 Å². The van der Waals surface area contributed by atoms with Gasteiger partial charge in [-0.3, -0.25) is 0 Å². The molecule has 1 unspecified atom stereocenters. The predicted octanol–water partition coefficient (Wildman–Crippen LogP) is 1.30. The van der Waals surface area contributed by atoms with Crippen molar-refractivity contribution in [3.05, 3.63) is 32.9 Å². The van der Waals surface area contributed by atoms with Crippen molar-refractivity contribution >= 4 is 39.1 Å². The molecular formula is C10H9BrCl2N2O2. The van der Waals surface area contributed by atoms with E-state index in [9.17, 15) is 0 Å². The summed E-state index contributed by atoms with van der Waals surface area (Å²) in [4.78, 5) is 8.70. The Morgan fingerprint density at radius 3 is 2.82 bits per heavy atom. The van der Waals surface area contributed by atoms with Gasteiger partial charge in [-0.25, -0.2) is 9.98 Å². The Balaban J connectivity index is 2.32. The molecule has 0 spiro atoms. The summed E-state index contributed by atoms with van der Waals surface area (Å²) in [6.07, 6.45) is 0. The Labute approximate surface area is 116 Å². The van der Waals surface area contributed by atoms with Crippen molar-refractivity contribution in [3.63, 3.8) is 0 Å². The second kappa shape index (κ2) is 5.20. The van der Waals surface area contributed by atoms with Gasteiger partial charge in [-0.2, -0.15) is 0 Å². The third kappa shape index (κ3) is 2.80. The van der Waals surface area contributed by atoms with Gasteiger partial charge in [0.1, 0.15) is 12.0 Å². The first-order chi connectivity index (χ1) is 8.06. The summed E-state index contributed by atoms with van der Waals surface area (Å²) in [5.74, 6) is 0. The van der Waals surface area contributed by atoms with Crippen molar-refractivity contribution in [2.24, 2.45) is 9.98 Å². The maximum absolute atomic E-state index is 8.64. The van der Waals surface area contributed by atoms with Crippen molar-refractivity contribution in [2.45, 2.75) is 4.57 Å². The number of hydrogen-bond acceptors (Lipinski definition) is 4. The highest BCUT2D eigenvalue weighted by atomic mass is 79.9. The van der Waals surface area contributed by atoms with Crippen LogP contribution in [0.5, 0.6) is 0 Å². The third-order valence-electron chi connectivity index (χ3n) is 2.14. The molecule has 0 aliphatic carbocycles. The number of nitrogens with zero attached hydrogens (tertiary/aromatic N) is 2. The van der Waals surface area contributed by atoms with E-state index in [0.717, 1.165) is 0 Å². The Morgan fingerprint density at radius 1 is 1.35 bits per heavy atom. The summed E-state index contributed by atoms with van der Waals surface area (Å²) in [5.41, 5.74) is 0. The van der Waals surface area contributed by atoms with Crippen LogP contribution in [0.4, 0.5) is 0 Å². The van der Waals surface area contributed by atoms with Gasteiger partial charge in [0, 0.05) is 0 Å². The van der Waals surface area contributed by atoms with E-state index in [2.05, 4.69) is 25.9 Å². The lowest BCUT2D eigenvalue weighted by Crippen LogP contribution is -2.22. The van der Waals surface area contributed by atoms with Crippen molar-refractivity contribution < 1.29 is 9.84 Å². The van der Waals surface area contributed by atoms with Crippen LogP contribution in [-0.4, -0.2) is 29.5 Å². The van der Waals surface area contributed by atoms with Gasteiger partial charge in [0.15, 0.2) is 0 Å². The average Bonchev–Trinajstić information content (AvgIpc) is 2.63. The monoisotopic (exact) mass is 338 g/mol. The van der Waals surface area contributed by atoms with Gasteiger partial charge < -0.3 is 9.84 Å². The normalized spacial score (nSPS) is 21.9. The number of rotatable bonds is 4. The zero-order valence-electron chi connectivity index (χ0n) is 8.66. The number of ether oxygens (including phenoxy) is 1. The van der Waals surface area contributed by atoms with Gasteiger partial charge in [0.25, 0.3) is 0 Å². The van der Waals surface area contributed by atoms with Crippen molar-refractivity contribution in [2.75, 3.05) is 19.8 Å². The fourth-order valence-electron chi connectivity index (χ4n) is 1.44. The number of hydrogen-bond donors (Lipinski definition) is 1. The first-order valence-electron chi connectivity index (χ1n) is 4.87. The zero-order valence-corrected chi connectivity index (χ0v) is 11.8. The van der Waals surface area contributed by atoms with Crippen LogP contribution in [0.15, 0.2) is 22.1 Å². The summed E-state index contributed by atoms with van der Waals surface area (Å²) >= 11 is 15.3. The first kappa shape index (κ1) is 13.2. The third-order valence-corrected chi connectivity index (χ3v) is 3.52. The van der Waals surface area contributed by atoms with E-state index in [1.165, 1.54) is 0 Å². The topological polar surface area (TPSA) is 54.2 Å². The molecule has 1 aliphatic heterocycles. The average molecular weight is 340 g/mol. The molecule has 1 aromatic carbocycles. The van der Waals surface area contributed by atoms with Gasteiger partial charge in [-0.1, -0.05) is 23.2 Å². The summed E-state index contributed by atoms with van der Waals surface area (Å²) < 4.78 is 4.33. The molecule has 0 saturated carbocycles. The standard InChI is InChI=1S/C10H9BrCl2N2O2/c11-10(5-17-4-3-16)14-7-2-1-6(12)8(13)9(7)15-10/h1-2,16H,3-5H2. The molecule has 0 aromatic heterocycles. The largest absolute Gasteiger partial charge is 0.394 e. The highest BCUT2D eigenvalue weighted by Gasteiger charge is 2.29. The molecule has 1 aromatic rings. The van der Waals surface area contributed by atoms with Gasteiger partial charge in [0.2, 0.25) is 4.57 Å². The van der Waals surface area contributed by atoms with Crippen molar-refractivity contribution in [3.8, 4) is 0 Å². The van der Waals surface area contributed by atoms with E-state index in [4.69, 9.17) is 33.0 Å². The molecule has 7 heteroatoms. The molecule has 1 aliphatic rings. The molecule has 0 bridgehead atoms. The summed E-state index contributed by atoms with van der Waals surface area (Å²) in [7, 11) is 0. The predicted molar refractivity (Wildman–Crippen MR) is 68.3 cm³/mol. The van der Waals surface area contributed by atoms with Crippen LogP contribution in [0.1, 0.15) is 0 Å². The van der Waals surface area contributed by atoms with Gasteiger partial charge in [0.05, 0.1) is 28.6 Å². The van der Waals surface area contributed by atoms with Crippen LogP contribution in [0.25, 0.3) is 0 Å². The van der Waals surface area contributed by atoms with Crippen molar-refractivity contribution in [1.29, 1.82) is 0 Å². The van der Waals surface area contributed by atoms with Gasteiger partial charge in [-0.05, 0) is 28.1 Å². The fourth-order valence-corrected chi connectivity index (χ4v) is 2.32. The van der Waals surface area contributed by atoms with Crippen LogP contribution in [0, 0.1) is 0 Å². The van der Waals surface area contributed by atoms with Crippen LogP contribution in [0.3, 0.4) is 0 Å². The minimum atomic E-state index is -0.876. The maximum Gasteiger partial charge on any atom is 0.230 e. The number of benzene rings is 1. The van der Waals surface area contributed by atoms with E-state index in [-0.39, 0.29) is 19.8 Å². The second-order valence-corrected chi connectivity index (χ2v) is 5.50. The molecule has 0 radical (unpaired) electrons. The van der Waals surface area contributed by atoms with Crippen LogP contribution in [0.2, 0.25) is 10.0 Å². The second-order valence-electron chi connectivity index (χ2n) is 3.45. The molecule has 0 saturated heterocycles. The zero-order chi connectivity index (χ0) is 12.5. The maximum atomic E-state index is 8.64. The summed E-state index contributed by atoms with van der Waals surface area (Å²) in [6.45, 7) is 0.419. The molecule has 1 N–H and O–H groups in total. The van der Waals surface area contributed by atoms with E-state index in [1.807, 2.05) is 0 Å². The Kier molecular flexibility index (Phi) is 4.05. The summed E-state index contributed by atoms with van der Waals surface area (Å²) in [6, 6.07) is 3.43. The van der Waals surface area contributed by atoms with E-state index in [0.29, 0.717) is 20.8 Å². The smallest absolute Gasteiger partial charge is 0.230 e. The van der Waals surface area contributed by atoms with Crippen molar-refractivity contribution in [1.82, 2.24) is 0 Å². The molecule has 17 heavy (non-hydrogen) atoms. The first-order valence-corrected chi connectivity index (χ1v) is 6.42. The number of aliphatic hydroxyl groups is 1. The molecule has 1 heterocycles. The fraction of sp³-hybridized carbons (Fsp3) is 0.400. The van der Waals surface area contributed by atoms with E-state index in [1.54, 1.807) is 12.1 Å². The quantitative estimate of drug-likeness (QED) is 0.511. The minimum absolute atomic E-state index is 0.0391. The number of fused-ring (bicyclic) bond motifs is 1. The number of alkyl halides is 1. The molecule has 0 amide bonds. The Bertz CT molecular complexity index is 552. The molecule has 4 nitrogen and oxygen atoms in total. The highest BCUT2D eigenvalue weighted by Crippen LogP contribution is 2.25. The number of halogens is 3. The van der Waals surface area contributed by atoms with Gasteiger partial charge >= 0.3 is 0 Å². The minimum Gasteiger partial charge on any atom is -0.394 e.